The Morgan fingerprint density at radius 1 is 1.00 bits per heavy atom. The van der Waals surface area contributed by atoms with Crippen LogP contribution in [0.5, 0.6) is 0 Å². The van der Waals surface area contributed by atoms with Crippen molar-refractivity contribution in [2.24, 2.45) is 0 Å². The fourth-order valence-electron chi connectivity index (χ4n) is 1.53. The van der Waals surface area contributed by atoms with E-state index in [4.69, 9.17) is 10.2 Å². The summed E-state index contributed by atoms with van der Waals surface area (Å²) in [4.78, 5) is 10.4. The Kier molecular flexibility index (Phi) is 9.44. The van der Waals surface area contributed by atoms with Gasteiger partial charge in [-0.3, -0.25) is 4.79 Å². The summed E-state index contributed by atoms with van der Waals surface area (Å²) in [7, 11) is 0. The molecule has 0 saturated heterocycles. The number of hydrogen-bond acceptors (Lipinski definition) is 2. The van der Waals surface area contributed by atoms with Gasteiger partial charge in [-0.1, -0.05) is 23.3 Å². The molecule has 0 atom stereocenters. The lowest BCUT2D eigenvalue weighted by Crippen LogP contribution is -1.94. The number of aliphatic hydroxyl groups excluding tert-OH is 1. The smallest absolute Gasteiger partial charge is 0.303 e. The first kappa shape index (κ1) is 15.9. The van der Waals surface area contributed by atoms with Crippen molar-refractivity contribution in [2.45, 2.75) is 52.4 Å². The molecular weight excluding hydrogens is 216 g/mol. The van der Waals surface area contributed by atoms with Crippen molar-refractivity contribution in [2.75, 3.05) is 6.61 Å². The van der Waals surface area contributed by atoms with Gasteiger partial charge in [-0.05, 0) is 46.0 Å². The average molecular weight is 240 g/mol. The zero-order valence-corrected chi connectivity index (χ0v) is 10.9. The zero-order valence-electron chi connectivity index (χ0n) is 10.9. The molecule has 17 heavy (non-hydrogen) atoms. The van der Waals surface area contributed by atoms with Crippen LogP contribution < -0.4 is 0 Å². The first-order valence-corrected chi connectivity index (χ1v) is 6.20. The summed E-state index contributed by atoms with van der Waals surface area (Å²) >= 11 is 0. The number of hydrogen-bond donors (Lipinski definition) is 2. The summed E-state index contributed by atoms with van der Waals surface area (Å²) < 4.78 is 0. The standard InChI is InChI=1S/C14H24O3/c1-12(8-5-11-15)6-3-4-7-13(2)9-10-14(16)17/h6-7,15H,3-5,8-11H2,1-2H3,(H,16,17). The highest BCUT2D eigenvalue weighted by atomic mass is 16.4. The number of carboxylic acid groups (broad SMARTS) is 1. The number of carboxylic acids is 1. The van der Waals surface area contributed by atoms with Crippen molar-refractivity contribution in [3.05, 3.63) is 23.3 Å². The second-order valence-electron chi connectivity index (χ2n) is 4.40. The quantitative estimate of drug-likeness (QED) is 0.480. The highest BCUT2D eigenvalue weighted by molar-refractivity contribution is 5.66. The van der Waals surface area contributed by atoms with Crippen molar-refractivity contribution in [1.29, 1.82) is 0 Å². The maximum Gasteiger partial charge on any atom is 0.303 e. The number of unbranched alkanes of at least 4 members (excludes halogenated alkanes) is 1. The largest absolute Gasteiger partial charge is 0.481 e. The van der Waals surface area contributed by atoms with E-state index in [0.717, 1.165) is 31.3 Å². The molecule has 0 aromatic rings. The third-order valence-corrected chi connectivity index (χ3v) is 2.61. The van der Waals surface area contributed by atoms with E-state index >= 15 is 0 Å². The van der Waals surface area contributed by atoms with Gasteiger partial charge in [0.2, 0.25) is 0 Å². The molecule has 0 fully saturated rings. The van der Waals surface area contributed by atoms with Gasteiger partial charge < -0.3 is 10.2 Å². The Morgan fingerprint density at radius 3 is 2.00 bits per heavy atom. The first-order chi connectivity index (χ1) is 8.06. The SMILES string of the molecule is CC(=CCCC=C(C)CCC(=O)O)CCCO. The number of rotatable bonds is 9. The van der Waals surface area contributed by atoms with Crippen LogP contribution in [-0.2, 0) is 4.79 Å². The minimum Gasteiger partial charge on any atom is -0.481 e. The molecule has 0 rings (SSSR count). The van der Waals surface area contributed by atoms with Gasteiger partial charge in [-0.2, -0.15) is 0 Å². The lowest BCUT2D eigenvalue weighted by molar-refractivity contribution is -0.136. The minimum absolute atomic E-state index is 0.216. The van der Waals surface area contributed by atoms with Gasteiger partial charge in [0.25, 0.3) is 0 Å². The van der Waals surface area contributed by atoms with E-state index in [-0.39, 0.29) is 13.0 Å². The molecule has 2 N–H and O–H groups in total. The summed E-state index contributed by atoms with van der Waals surface area (Å²) in [6.07, 6.45) is 8.89. The molecule has 0 aromatic heterocycles. The molecule has 0 bridgehead atoms. The molecule has 0 spiro atoms. The van der Waals surface area contributed by atoms with Gasteiger partial charge >= 0.3 is 5.97 Å². The van der Waals surface area contributed by atoms with Gasteiger partial charge in [0.1, 0.15) is 0 Å². The van der Waals surface area contributed by atoms with E-state index in [2.05, 4.69) is 19.1 Å². The van der Waals surface area contributed by atoms with Crippen molar-refractivity contribution >= 4 is 5.97 Å². The molecule has 0 unspecified atom stereocenters. The number of allylic oxidation sites excluding steroid dienone is 4. The van der Waals surface area contributed by atoms with Gasteiger partial charge in [0, 0.05) is 13.0 Å². The fraction of sp³-hybridized carbons (Fsp3) is 0.643. The Hall–Kier alpha value is -1.09. The monoisotopic (exact) mass is 240 g/mol. The molecule has 0 aliphatic rings. The molecule has 3 heteroatoms. The summed E-state index contributed by atoms with van der Waals surface area (Å²) in [5.41, 5.74) is 2.46. The molecule has 98 valence electrons. The van der Waals surface area contributed by atoms with E-state index in [9.17, 15) is 4.79 Å². The Bertz CT molecular complexity index is 277. The van der Waals surface area contributed by atoms with Crippen LogP contribution in [0, 0.1) is 0 Å². The Balaban J connectivity index is 3.73. The lowest BCUT2D eigenvalue weighted by Gasteiger charge is -2.00. The molecule has 0 aliphatic carbocycles. The van der Waals surface area contributed by atoms with Crippen LogP contribution in [0.25, 0.3) is 0 Å². The van der Waals surface area contributed by atoms with E-state index < -0.39 is 5.97 Å². The van der Waals surface area contributed by atoms with Gasteiger partial charge in [-0.15, -0.1) is 0 Å². The maximum absolute atomic E-state index is 10.4. The maximum atomic E-state index is 10.4. The van der Waals surface area contributed by atoms with Crippen molar-refractivity contribution in [1.82, 2.24) is 0 Å². The van der Waals surface area contributed by atoms with Crippen LogP contribution in [0.15, 0.2) is 23.3 Å². The molecule has 0 saturated carbocycles. The highest BCUT2D eigenvalue weighted by Gasteiger charge is 1.97. The van der Waals surface area contributed by atoms with Crippen molar-refractivity contribution in [3.8, 4) is 0 Å². The Morgan fingerprint density at radius 2 is 1.53 bits per heavy atom. The highest BCUT2D eigenvalue weighted by Crippen LogP contribution is 2.09. The summed E-state index contributed by atoms with van der Waals surface area (Å²) in [5, 5.41) is 17.2. The van der Waals surface area contributed by atoms with E-state index in [1.807, 2.05) is 6.92 Å². The summed E-state index contributed by atoms with van der Waals surface area (Å²) in [6.45, 7) is 4.31. The minimum atomic E-state index is -0.738. The molecule has 0 aliphatic heterocycles. The summed E-state index contributed by atoms with van der Waals surface area (Å²) in [6, 6.07) is 0. The normalized spacial score (nSPS) is 12.9. The predicted molar refractivity (Wildman–Crippen MR) is 69.9 cm³/mol. The first-order valence-electron chi connectivity index (χ1n) is 6.20. The average Bonchev–Trinajstić information content (AvgIpc) is 2.29. The number of aliphatic carboxylic acids is 1. The van der Waals surface area contributed by atoms with Crippen LogP contribution in [0.2, 0.25) is 0 Å². The van der Waals surface area contributed by atoms with E-state index in [1.54, 1.807) is 0 Å². The van der Waals surface area contributed by atoms with Crippen LogP contribution in [-0.4, -0.2) is 22.8 Å². The predicted octanol–water partition coefficient (Wildman–Crippen LogP) is 3.30. The molecule has 0 heterocycles. The molecule has 0 amide bonds. The molecular formula is C14H24O3. The second kappa shape index (κ2) is 10.1. The lowest BCUT2D eigenvalue weighted by atomic mass is 10.1. The van der Waals surface area contributed by atoms with Gasteiger partial charge in [0.15, 0.2) is 0 Å². The van der Waals surface area contributed by atoms with Crippen molar-refractivity contribution in [3.63, 3.8) is 0 Å². The topological polar surface area (TPSA) is 57.5 Å². The molecule has 0 radical (unpaired) electrons. The van der Waals surface area contributed by atoms with Gasteiger partial charge in [-0.25, -0.2) is 0 Å². The molecule has 0 aromatic carbocycles. The Labute approximate surface area is 104 Å². The third-order valence-electron chi connectivity index (χ3n) is 2.61. The number of carbonyl (C=O) groups is 1. The van der Waals surface area contributed by atoms with Crippen LogP contribution in [0.1, 0.15) is 52.4 Å². The molecule has 3 nitrogen and oxygen atoms in total. The zero-order chi connectivity index (χ0) is 13.1. The van der Waals surface area contributed by atoms with Gasteiger partial charge in [0.05, 0.1) is 0 Å². The van der Waals surface area contributed by atoms with E-state index in [1.165, 1.54) is 5.57 Å². The second-order valence-corrected chi connectivity index (χ2v) is 4.40. The fourth-order valence-corrected chi connectivity index (χ4v) is 1.53. The van der Waals surface area contributed by atoms with Crippen LogP contribution in [0.4, 0.5) is 0 Å². The number of aliphatic hydroxyl groups is 1. The van der Waals surface area contributed by atoms with E-state index in [0.29, 0.717) is 6.42 Å². The third kappa shape index (κ3) is 11.2. The van der Waals surface area contributed by atoms with Crippen molar-refractivity contribution < 1.29 is 15.0 Å². The van der Waals surface area contributed by atoms with Crippen LogP contribution >= 0.6 is 0 Å². The summed E-state index contributed by atoms with van der Waals surface area (Å²) in [5.74, 6) is -0.738. The van der Waals surface area contributed by atoms with Crippen LogP contribution in [0.3, 0.4) is 0 Å².